The second-order valence-electron chi connectivity index (χ2n) is 3.57. The van der Waals surface area contributed by atoms with E-state index in [-0.39, 0.29) is 0 Å². The maximum Gasteiger partial charge on any atom is 0.0443 e. The molecule has 0 atom stereocenters. The highest BCUT2D eigenvalue weighted by molar-refractivity contribution is 5.96. The Hall–Kier alpha value is -1.31. The molecule has 0 aliphatic rings. The summed E-state index contributed by atoms with van der Waals surface area (Å²) in [5, 5.41) is 0. The maximum absolute atomic E-state index is 4.34. The molecule has 2 heteroatoms. The molecule has 0 heterocycles. The topological polar surface area (TPSA) is 15.6 Å². The van der Waals surface area contributed by atoms with Crippen molar-refractivity contribution in [2.75, 3.05) is 14.1 Å². The Balaban J connectivity index is 4.51. The summed E-state index contributed by atoms with van der Waals surface area (Å²) in [6.45, 7) is 7.85. The average molecular weight is 192 g/mol. The number of aliphatic imine (C=N–C) groups is 1. The third kappa shape index (κ3) is 6.23. The molecule has 0 aromatic heterocycles. The third-order valence-electron chi connectivity index (χ3n) is 1.58. The molecule has 0 unspecified atom stereocenters. The van der Waals surface area contributed by atoms with Crippen molar-refractivity contribution in [3.05, 3.63) is 37.2 Å². The van der Waals surface area contributed by atoms with Crippen molar-refractivity contribution in [2.24, 2.45) is 10.9 Å². The molecule has 0 aromatic rings. The minimum absolute atomic E-state index is 0.431. The molecular formula is C12H20N2. The molecule has 0 aliphatic carbocycles. The minimum atomic E-state index is 0.431. The molecule has 0 saturated carbocycles. The van der Waals surface area contributed by atoms with E-state index in [4.69, 9.17) is 0 Å². The zero-order valence-electron chi connectivity index (χ0n) is 9.57. The van der Waals surface area contributed by atoms with Crippen LogP contribution in [0.15, 0.2) is 42.2 Å². The van der Waals surface area contributed by atoms with Gasteiger partial charge in [-0.15, -0.1) is 0 Å². The highest BCUT2D eigenvalue weighted by atomic mass is 15.0. The van der Waals surface area contributed by atoms with Crippen LogP contribution in [0.3, 0.4) is 0 Å². The van der Waals surface area contributed by atoms with Gasteiger partial charge in [-0.25, -0.2) is 0 Å². The highest BCUT2D eigenvalue weighted by Gasteiger charge is 1.98. The standard InChI is InChI=1S/C12H20N2/c1-6-7-9-13-12(11(2)3)8-10-14(4)5/h6-11H,1H2,2-5H3/b9-7-,10-8+,13-12-. The van der Waals surface area contributed by atoms with Gasteiger partial charge in [0, 0.05) is 32.2 Å². The molecule has 0 spiro atoms. The van der Waals surface area contributed by atoms with Gasteiger partial charge in [-0.2, -0.15) is 0 Å². The van der Waals surface area contributed by atoms with Crippen LogP contribution in [0, 0.1) is 5.92 Å². The first-order valence-electron chi connectivity index (χ1n) is 4.77. The van der Waals surface area contributed by atoms with Crippen LogP contribution in [0.5, 0.6) is 0 Å². The number of hydrogen-bond donors (Lipinski definition) is 0. The summed E-state index contributed by atoms with van der Waals surface area (Å²) in [6.07, 6.45) is 9.34. The first kappa shape index (κ1) is 12.7. The van der Waals surface area contributed by atoms with Gasteiger partial charge in [-0.3, -0.25) is 4.99 Å². The summed E-state index contributed by atoms with van der Waals surface area (Å²) in [4.78, 5) is 6.33. The van der Waals surface area contributed by atoms with E-state index < -0.39 is 0 Å². The SMILES string of the molecule is C=C\C=C/N=C(/C=C/N(C)C)C(C)C. The molecule has 0 fully saturated rings. The van der Waals surface area contributed by atoms with Crippen LogP contribution in [-0.2, 0) is 0 Å². The fourth-order valence-electron chi connectivity index (χ4n) is 0.800. The molecule has 0 saturated heterocycles. The Bertz CT molecular complexity index is 245. The van der Waals surface area contributed by atoms with Crippen molar-refractivity contribution in [1.29, 1.82) is 0 Å². The second-order valence-corrected chi connectivity index (χ2v) is 3.57. The monoisotopic (exact) mass is 192 g/mol. The Kier molecular flexibility index (Phi) is 6.46. The molecule has 14 heavy (non-hydrogen) atoms. The Morgan fingerprint density at radius 1 is 1.36 bits per heavy atom. The number of rotatable bonds is 5. The van der Waals surface area contributed by atoms with Gasteiger partial charge in [0.2, 0.25) is 0 Å². The molecule has 0 aliphatic heterocycles. The van der Waals surface area contributed by atoms with Gasteiger partial charge in [-0.05, 0) is 18.1 Å². The van der Waals surface area contributed by atoms with Crippen LogP contribution in [0.2, 0.25) is 0 Å². The van der Waals surface area contributed by atoms with E-state index in [1.54, 1.807) is 12.3 Å². The molecule has 0 rings (SSSR count). The summed E-state index contributed by atoms with van der Waals surface area (Å²) in [5.41, 5.74) is 1.07. The molecular weight excluding hydrogens is 172 g/mol. The van der Waals surface area contributed by atoms with E-state index in [9.17, 15) is 0 Å². The van der Waals surface area contributed by atoms with Crippen LogP contribution in [0.1, 0.15) is 13.8 Å². The molecule has 0 amide bonds. The fraction of sp³-hybridized carbons (Fsp3) is 0.417. The first-order chi connectivity index (χ1) is 6.57. The lowest BCUT2D eigenvalue weighted by Gasteiger charge is -2.07. The Labute approximate surface area is 87.3 Å². The first-order valence-corrected chi connectivity index (χ1v) is 4.77. The Morgan fingerprint density at radius 2 is 2.00 bits per heavy atom. The quantitative estimate of drug-likeness (QED) is 0.483. The zero-order chi connectivity index (χ0) is 11.0. The molecule has 0 aromatic carbocycles. The minimum Gasteiger partial charge on any atom is -0.383 e. The van der Waals surface area contributed by atoms with Crippen molar-refractivity contribution in [2.45, 2.75) is 13.8 Å². The Morgan fingerprint density at radius 3 is 2.43 bits per heavy atom. The largest absolute Gasteiger partial charge is 0.383 e. The predicted molar refractivity (Wildman–Crippen MR) is 64.4 cm³/mol. The van der Waals surface area contributed by atoms with Crippen LogP contribution in [0.4, 0.5) is 0 Å². The molecule has 0 N–H and O–H groups in total. The maximum atomic E-state index is 4.34. The van der Waals surface area contributed by atoms with Crippen molar-refractivity contribution >= 4 is 5.71 Å². The number of nitrogens with zero attached hydrogens (tertiary/aromatic N) is 2. The molecule has 0 bridgehead atoms. The van der Waals surface area contributed by atoms with E-state index in [2.05, 4.69) is 25.4 Å². The van der Waals surface area contributed by atoms with Gasteiger partial charge in [0.25, 0.3) is 0 Å². The lowest BCUT2D eigenvalue weighted by atomic mass is 10.1. The van der Waals surface area contributed by atoms with Crippen LogP contribution in [0.25, 0.3) is 0 Å². The summed E-state index contributed by atoms with van der Waals surface area (Å²) in [6, 6.07) is 0. The van der Waals surface area contributed by atoms with Gasteiger partial charge in [0.05, 0.1) is 0 Å². The van der Waals surface area contributed by atoms with Gasteiger partial charge in [-0.1, -0.05) is 26.5 Å². The predicted octanol–water partition coefficient (Wildman–Crippen LogP) is 2.86. The lowest BCUT2D eigenvalue weighted by molar-refractivity contribution is 0.564. The lowest BCUT2D eigenvalue weighted by Crippen LogP contribution is -2.07. The second kappa shape index (κ2) is 7.13. The van der Waals surface area contributed by atoms with Crippen molar-refractivity contribution in [1.82, 2.24) is 4.90 Å². The summed E-state index contributed by atoms with van der Waals surface area (Å²) < 4.78 is 0. The van der Waals surface area contributed by atoms with Crippen molar-refractivity contribution in [3.8, 4) is 0 Å². The summed E-state index contributed by atoms with van der Waals surface area (Å²) >= 11 is 0. The van der Waals surface area contributed by atoms with Crippen LogP contribution >= 0.6 is 0 Å². The number of hydrogen-bond acceptors (Lipinski definition) is 2. The zero-order valence-corrected chi connectivity index (χ0v) is 9.57. The third-order valence-corrected chi connectivity index (χ3v) is 1.58. The van der Waals surface area contributed by atoms with Gasteiger partial charge >= 0.3 is 0 Å². The highest BCUT2D eigenvalue weighted by Crippen LogP contribution is 2.00. The molecule has 0 radical (unpaired) electrons. The van der Waals surface area contributed by atoms with E-state index in [1.165, 1.54) is 0 Å². The van der Waals surface area contributed by atoms with Gasteiger partial charge in [0.1, 0.15) is 0 Å². The van der Waals surface area contributed by atoms with E-state index in [1.807, 2.05) is 37.3 Å². The van der Waals surface area contributed by atoms with E-state index in [0.29, 0.717) is 5.92 Å². The molecule has 2 nitrogen and oxygen atoms in total. The van der Waals surface area contributed by atoms with Crippen molar-refractivity contribution < 1.29 is 0 Å². The van der Waals surface area contributed by atoms with Gasteiger partial charge < -0.3 is 4.90 Å². The summed E-state index contributed by atoms with van der Waals surface area (Å²) in [7, 11) is 3.99. The average Bonchev–Trinajstić information content (AvgIpc) is 2.10. The van der Waals surface area contributed by atoms with Gasteiger partial charge in [0.15, 0.2) is 0 Å². The van der Waals surface area contributed by atoms with E-state index in [0.717, 1.165) is 5.71 Å². The summed E-state index contributed by atoms with van der Waals surface area (Å²) in [5.74, 6) is 0.431. The van der Waals surface area contributed by atoms with Crippen LogP contribution < -0.4 is 0 Å². The normalized spacial score (nSPS) is 13.1. The van der Waals surface area contributed by atoms with Crippen LogP contribution in [-0.4, -0.2) is 24.7 Å². The van der Waals surface area contributed by atoms with E-state index >= 15 is 0 Å². The molecule has 78 valence electrons. The fourth-order valence-corrected chi connectivity index (χ4v) is 0.800. The smallest absolute Gasteiger partial charge is 0.0443 e. The van der Waals surface area contributed by atoms with Crippen molar-refractivity contribution in [3.63, 3.8) is 0 Å². The number of allylic oxidation sites excluding steroid dienone is 3.